The van der Waals surface area contributed by atoms with E-state index in [-0.39, 0.29) is 5.69 Å². The summed E-state index contributed by atoms with van der Waals surface area (Å²) in [4.78, 5) is 22.1. The van der Waals surface area contributed by atoms with E-state index in [1.807, 2.05) is 6.07 Å². The molecule has 0 saturated heterocycles. The molecule has 2 aromatic carbocycles. The molecular weight excluding hydrogens is 258 g/mol. The van der Waals surface area contributed by atoms with Gasteiger partial charge in [0.25, 0.3) is 5.69 Å². The SMILES string of the molecule is NC(C(=O)Nc1cccc([N+](=O)[O-])c1)c1ccccc1. The number of nitrogens with two attached hydrogens (primary N) is 1. The van der Waals surface area contributed by atoms with E-state index in [9.17, 15) is 14.9 Å². The van der Waals surface area contributed by atoms with Crippen LogP contribution >= 0.6 is 0 Å². The highest BCUT2D eigenvalue weighted by Crippen LogP contribution is 2.18. The number of nitro benzene ring substituents is 1. The Morgan fingerprint density at radius 3 is 2.50 bits per heavy atom. The number of rotatable bonds is 4. The van der Waals surface area contributed by atoms with Gasteiger partial charge < -0.3 is 11.1 Å². The average Bonchev–Trinajstić information content (AvgIpc) is 2.47. The molecule has 6 nitrogen and oxygen atoms in total. The molecule has 0 aromatic heterocycles. The van der Waals surface area contributed by atoms with Gasteiger partial charge in [0.05, 0.1) is 4.92 Å². The number of nitrogens with zero attached hydrogens (tertiary/aromatic N) is 1. The Morgan fingerprint density at radius 1 is 1.15 bits per heavy atom. The van der Waals surface area contributed by atoms with E-state index >= 15 is 0 Å². The quantitative estimate of drug-likeness (QED) is 0.658. The minimum Gasteiger partial charge on any atom is -0.324 e. The van der Waals surface area contributed by atoms with Crippen LogP contribution in [0.15, 0.2) is 54.6 Å². The van der Waals surface area contributed by atoms with Crippen molar-refractivity contribution in [2.24, 2.45) is 5.73 Å². The third kappa shape index (κ3) is 3.18. The van der Waals surface area contributed by atoms with Gasteiger partial charge >= 0.3 is 0 Å². The highest BCUT2D eigenvalue weighted by molar-refractivity contribution is 5.95. The van der Waals surface area contributed by atoms with Gasteiger partial charge in [-0.3, -0.25) is 14.9 Å². The predicted octanol–water partition coefficient (Wildman–Crippen LogP) is 2.23. The van der Waals surface area contributed by atoms with Crippen LogP contribution in [0.25, 0.3) is 0 Å². The van der Waals surface area contributed by atoms with Crippen LogP contribution in [-0.4, -0.2) is 10.8 Å². The van der Waals surface area contributed by atoms with Crippen molar-refractivity contribution in [2.75, 3.05) is 5.32 Å². The van der Waals surface area contributed by atoms with Crippen molar-refractivity contribution in [3.8, 4) is 0 Å². The first-order valence-electron chi connectivity index (χ1n) is 5.94. The smallest absolute Gasteiger partial charge is 0.271 e. The van der Waals surface area contributed by atoms with Gasteiger partial charge in [0, 0.05) is 17.8 Å². The number of nitro groups is 1. The number of carbonyl (C=O) groups excluding carboxylic acids is 1. The fraction of sp³-hybridized carbons (Fsp3) is 0.0714. The Morgan fingerprint density at radius 2 is 1.85 bits per heavy atom. The molecule has 0 spiro atoms. The second-order valence-electron chi connectivity index (χ2n) is 4.19. The summed E-state index contributed by atoms with van der Waals surface area (Å²) in [5.41, 5.74) is 6.77. The molecule has 1 unspecified atom stereocenters. The highest BCUT2D eigenvalue weighted by Gasteiger charge is 2.16. The van der Waals surface area contributed by atoms with Gasteiger partial charge in [0.15, 0.2) is 0 Å². The van der Waals surface area contributed by atoms with Crippen LogP contribution in [0.5, 0.6) is 0 Å². The normalized spacial score (nSPS) is 11.7. The van der Waals surface area contributed by atoms with E-state index < -0.39 is 16.9 Å². The van der Waals surface area contributed by atoms with Gasteiger partial charge in [-0.2, -0.15) is 0 Å². The minimum atomic E-state index is -0.824. The molecule has 0 heterocycles. The first kappa shape index (κ1) is 13.7. The van der Waals surface area contributed by atoms with Crippen LogP contribution in [0.4, 0.5) is 11.4 Å². The molecule has 2 rings (SSSR count). The van der Waals surface area contributed by atoms with E-state index in [1.54, 1.807) is 30.3 Å². The van der Waals surface area contributed by atoms with Crippen molar-refractivity contribution >= 4 is 17.3 Å². The standard InChI is InChI=1S/C14H13N3O3/c15-13(10-5-2-1-3-6-10)14(18)16-11-7-4-8-12(9-11)17(19)20/h1-9,13H,15H2,(H,16,18). The average molecular weight is 271 g/mol. The zero-order chi connectivity index (χ0) is 14.5. The number of nitrogens with one attached hydrogen (secondary N) is 1. The third-order valence-corrected chi connectivity index (χ3v) is 2.77. The number of hydrogen-bond acceptors (Lipinski definition) is 4. The largest absolute Gasteiger partial charge is 0.324 e. The van der Waals surface area contributed by atoms with Crippen LogP contribution in [0, 0.1) is 10.1 Å². The number of amides is 1. The van der Waals surface area contributed by atoms with Crippen molar-refractivity contribution in [3.05, 3.63) is 70.3 Å². The van der Waals surface area contributed by atoms with Gasteiger partial charge in [-0.1, -0.05) is 36.4 Å². The van der Waals surface area contributed by atoms with Gasteiger partial charge in [0.2, 0.25) is 5.91 Å². The van der Waals surface area contributed by atoms with Crippen molar-refractivity contribution in [1.29, 1.82) is 0 Å². The maximum Gasteiger partial charge on any atom is 0.271 e. The minimum absolute atomic E-state index is 0.0870. The lowest BCUT2D eigenvalue weighted by Crippen LogP contribution is -2.27. The molecule has 0 radical (unpaired) electrons. The van der Waals surface area contributed by atoms with E-state index in [4.69, 9.17) is 5.73 Å². The van der Waals surface area contributed by atoms with Gasteiger partial charge in [-0.15, -0.1) is 0 Å². The molecule has 102 valence electrons. The lowest BCUT2D eigenvalue weighted by molar-refractivity contribution is -0.384. The number of anilines is 1. The summed E-state index contributed by atoms with van der Waals surface area (Å²) in [6.45, 7) is 0. The maximum atomic E-state index is 12.0. The van der Waals surface area contributed by atoms with Crippen molar-refractivity contribution in [1.82, 2.24) is 0 Å². The number of non-ortho nitro benzene ring substituents is 1. The topological polar surface area (TPSA) is 98.3 Å². The summed E-state index contributed by atoms with van der Waals surface area (Å²) in [5, 5.41) is 13.2. The summed E-state index contributed by atoms with van der Waals surface area (Å²) in [5.74, 6) is -0.420. The monoisotopic (exact) mass is 271 g/mol. The fourth-order valence-electron chi connectivity index (χ4n) is 1.73. The van der Waals surface area contributed by atoms with Crippen LogP contribution in [-0.2, 0) is 4.79 Å². The van der Waals surface area contributed by atoms with Crippen LogP contribution < -0.4 is 11.1 Å². The zero-order valence-electron chi connectivity index (χ0n) is 10.5. The highest BCUT2D eigenvalue weighted by atomic mass is 16.6. The summed E-state index contributed by atoms with van der Waals surface area (Å²) in [6.07, 6.45) is 0. The molecule has 0 fully saturated rings. The van der Waals surface area contributed by atoms with Crippen molar-refractivity contribution in [3.63, 3.8) is 0 Å². The lowest BCUT2D eigenvalue weighted by Gasteiger charge is -2.12. The third-order valence-electron chi connectivity index (χ3n) is 2.77. The predicted molar refractivity (Wildman–Crippen MR) is 75.1 cm³/mol. The van der Waals surface area contributed by atoms with Crippen molar-refractivity contribution in [2.45, 2.75) is 6.04 Å². The Labute approximate surface area is 115 Å². The Bertz CT molecular complexity index is 629. The zero-order valence-corrected chi connectivity index (χ0v) is 10.5. The van der Waals surface area contributed by atoms with Crippen LogP contribution in [0.2, 0.25) is 0 Å². The fourth-order valence-corrected chi connectivity index (χ4v) is 1.73. The Hall–Kier alpha value is -2.73. The summed E-state index contributed by atoms with van der Waals surface area (Å²) >= 11 is 0. The first-order chi connectivity index (χ1) is 9.58. The Kier molecular flexibility index (Phi) is 4.07. The van der Waals surface area contributed by atoms with E-state index in [2.05, 4.69) is 5.32 Å². The van der Waals surface area contributed by atoms with Gasteiger partial charge in [0.1, 0.15) is 6.04 Å². The van der Waals surface area contributed by atoms with E-state index in [0.717, 1.165) is 0 Å². The second-order valence-corrected chi connectivity index (χ2v) is 4.19. The number of hydrogen-bond donors (Lipinski definition) is 2. The van der Waals surface area contributed by atoms with E-state index in [0.29, 0.717) is 11.3 Å². The molecule has 2 aromatic rings. The molecule has 0 aliphatic rings. The molecule has 3 N–H and O–H groups in total. The van der Waals surface area contributed by atoms with E-state index in [1.165, 1.54) is 18.2 Å². The van der Waals surface area contributed by atoms with Crippen LogP contribution in [0.1, 0.15) is 11.6 Å². The molecular formula is C14H13N3O3. The maximum absolute atomic E-state index is 12.0. The number of benzene rings is 2. The molecule has 6 heteroatoms. The van der Waals surface area contributed by atoms with Gasteiger partial charge in [-0.05, 0) is 11.6 Å². The molecule has 0 aliphatic carbocycles. The lowest BCUT2D eigenvalue weighted by atomic mass is 10.1. The summed E-state index contributed by atoms with van der Waals surface area (Å²) in [7, 11) is 0. The second kappa shape index (κ2) is 5.94. The van der Waals surface area contributed by atoms with Gasteiger partial charge in [-0.25, -0.2) is 0 Å². The van der Waals surface area contributed by atoms with Crippen molar-refractivity contribution < 1.29 is 9.72 Å². The summed E-state index contributed by atoms with van der Waals surface area (Å²) in [6, 6.07) is 13.8. The molecule has 0 saturated carbocycles. The summed E-state index contributed by atoms with van der Waals surface area (Å²) < 4.78 is 0. The first-order valence-corrected chi connectivity index (χ1v) is 5.94. The number of carbonyl (C=O) groups is 1. The molecule has 0 aliphatic heterocycles. The van der Waals surface area contributed by atoms with Crippen LogP contribution in [0.3, 0.4) is 0 Å². The molecule has 0 bridgehead atoms. The Balaban J connectivity index is 2.12. The molecule has 20 heavy (non-hydrogen) atoms. The molecule has 1 amide bonds. The molecule has 1 atom stereocenters.